The van der Waals surface area contributed by atoms with Crippen molar-refractivity contribution >= 4 is 32.3 Å². The van der Waals surface area contributed by atoms with Crippen LogP contribution < -0.4 is 5.32 Å². The number of hydrogen-bond donors (Lipinski definition) is 1. The topological polar surface area (TPSA) is 68.2 Å². The van der Waals surface area contributed by atoms with Crippen LogP contribution in [0, 0.1) is 5.82 Å². The maximum Gasteiger partial charge on any atom is 0.418 e. The fourth-order valence-corrected chi connectivity index (χ4v) is 5.24. The molecule has 34 heavy (non-hydrogen) atoms. The summed E-state index contributed by atoms with van der Waals surface area (Å²) >= 11 is 0. The highest BCUT2D eigenvalue weighted by Gasteiger charge is 2.33. The molecular weight excluding hydrogens is 472 g/mol. The summed E-state index contributed by atoms with van der Waals surface area (Å²) in [7, 11) is -3.88. The molecular formula is C24H18F4N2O3S. The summed E-state index contributed by atoms with van der Waals surface area (Å²) in [6.45, 7) is -0.404. The number of carbonyl (C=O) groups excluding carboxylic acids is 1. The van der Waals surface area contributed by atoms with Crippen molar-refractivity contribution < 1.29 is 30.8 Å². The average molecular weight is 490 g/mol. The van der Waals surface area contributed by atoms with E-state index in [0.29, 0.717) is 16.5 Å². The highest BCUT2D eigenvalue weighted by atomic mass is 32.2. The van der Waals surface area contributed by atoms with E-state index in [0.717, 1.165) is 24.3 Å². The largest absolute Gasteiger partial charge is 0.418 e. The summed E-state index contributed by atoms with van der Waals surface area (Å²) in [5.74, 6) is -1.62. The van der Waals surface area contributed by atoms with Crippen molar-refractivity contribution in [2.75, 3.05) is 5.32 Å². The van der Waals surface area contributed by atoms with Gasteiger partial charge in [-0.15, -0.1) is 0 Å². The number of benzene rings is 3. The molecule has 5 nitrogen and oxygen atoms in total. The molecule has 3 aromatic carbocycles. The Labute approximate surface area is 192 Å². The number of hydrogen-bond acceptors (Lipinski definition) is 3. The van der Waals surface area contributed by atoms with Crippen LogP contribution in [0.25, 0.3) is 10.9 Å². The van der Waals surface area contributed by atoms with Crippen LogP contribution in [0.4, 0.5) is 23.2 Å². The van der Waals surface area contributed by atoms with Crippen LogP contribution >= 0.6 is 0 Å². The number of fused-ring (bicyclic) bond motifs is 1. The number of sulfone groups is 1. The van der Waals surface area contributed by atoms with Gasteiger partial charge in [-0.3, -0.25) is 4.79 Å². The lowest BCUT2D eigenvalue weighted by molar-refractivity contribution is -0.137. The molecule has 4 rings (SSSR count). The molecule has 0 unspecified atom stereocenters. The second kappa shape index (κ2) is 8.94. The number of alkyl halides is 3. The van der Waals surface area contributed by atoms with Crippen molar-refractivity contribution in [3.63, 3.8) is 0 Å². The van der Waals surface area contributed by atoms with Gasteiger partial charge in [-0.25, -0.2) is 12.8 Å². The summed E-state index contributed by atoms with van der Waals surface area (Å²) in [5.41, 5.74) is -0.553. The number of nitrogens with one attached hydrogen (secondary N) is 1. The van der Waals surface area contributed by atoms with E-state index in [4.69, 9.17) is 0 Å². The Hall–Kier alpha value is -3.66. The van der Waals surface area contributed by atoms with Gasteiger partial charge in [0.15, 0.2) is 9.84 Å². The molecule has 0 atom stereocenters. The number of nitrogens with zero attached hydrogens (tertiary/aromatic N) is 1. The van der Waals surface area contributed by atoms with Crippen LogP contribution in [0.5, 0.6) is 0 Å². The van der Waals surface area contributed by atoms with Gasteiger partial charge in [0.2, 0.25) is 5.91 Å². The highest BCUT2D eigenvalue weighted by molar-refractivity contribution is 7.90. The van der Waals surface area contributed by atoms with E-state index in [-0.39, 0.29) is 16.3 Å². The van der Waals surface area contributed by atoms with E-state index in [1.165, 1.54) is 35.0 Å². The van der Waals surface area contributed by atoms with E-state index in [1.54, 1.807) is 24.3 Å². The van der Waals surface area contributed by atoms with Gasteiger partial charge in [0.05, 0.1) is 21.9 Å². The fourth-order valence-electron chi connectivity index (χ4n) is 3.65. The molecule has 0 aliphatic heterocycles. The Kier molecular flexibility index (Phi) is 6.18. The molecule has 0 fully saturated rings. The van der Waals surface area contributed by atoms with Crippen molar-refractivity contribution in [1.82, 2.24) is 4.57 Å². The molecule has 1 N–H and O–H groups in total. The lowest BCUT2D eigenvalue weighted by Gasteiger charge is -2.14. The molecule has 176 valence electrons. The van der Waals surface area contributed by atoms with Crippen molar-refractivity contribution in [2.45, 2.75) is 23.4 Å². The van der Waals surface area contributed by atoms with Crippen molar-refractivity contribution in [2.24, 2.45) is 0 Å². The maximum atomic E-state index is 13.2. The first kappa shape index (κ1) is 23.5. The van der Waals surface area contributed by atoms with Crippen LogP contribution in [0.1, 0.15) is 11.1 Å². The van der Waals surface area contributed by atoms with E-state index in [1.807, 2.05) is 0 Å². The van der Waals surface area contributed by atoms with Crippen LogP contribution in [0.3, 0.4) is 0 Å². The van der Waals surface area contributed by atoms with Crippen LogP contribution in [0.2, 0.25) is 0 Å². The molecule has 10 heteroatoms. The second-order valence-electron chi connectivity index (χ2n) is 7.62. The average Bonchev–Trinajstić information content (AvgIpc) is 3.14. The first-order chi connectivity index (χ1) is 16.0. The first-order valence-electron chi connectivity index (χ1n) is 10.1. The Bertz CT molecular complexity index is 1460. The summed E-state index contributed by atoms with van der Waals surface area (Å²) in [6.07, 6.45) is -3.36. The quantitative estimate of drug-likeness (QED) is 0.368. The first-order valence-corrected chi connectivity index (χ1v) is 11.7. The molecule has 0 saturated heterocycles. The molecule has 0 saturated carbocycles. The summed E-state index contributed by atoms with van der Waals surface area (Å²) in [5, 5.41) is 2.63. The molecule has 1 heterocycles. The zero-order valence-electron chi connectivity index (χ0n) is 17.5. The van der Waals surface area contributed by atoms with Gasteiger partial charge in [0.1, 0.15) is 12.4 Å². The predicted molar refractivity (Wildman–Crippen MR) is 119 cm³/mol. The third kappa shape index (κ3) is 4.96. The number of anilines is 1. The van der Waals surface area contributed by atoms with Gasteiger partial charge < -0.3 is 9.88 Å². The molecule has 1 aromatic heterocycles. The smallest absolute Gasteiger partial charge is 0.337 e. The standard InChI is InChI=1S/C24H18F4N2O3S/c25-17-11-9-16(10-12-17)15-34(32,33)22-13-30(21-8-4-1-5-18(21)22)14-23(31)29-20-7-3-2-6-19(20)24(26,27)28/h1-13H,14-15H2,(H,29,31). The Balaban J connectivity index is 1.64. The summed E-state index contributed by atoms with van der Waals surface area (Å²) in [4.78, 5) is 12.6. The van der Waals surface area contributed by atoms with Crippen LogP contribution in [0.15, 0.2) is 83.9 Å². The van der Waals surface area contributed by atoms with Crippen LogP contribution in [-0.4, -0.2) is 18.9 Å². The van der Waals surface area contributed by atoms with E-state index in [2.05, 4.69) is 5.32 Å². The minimum absolute atomic E-state index is 0.0316. The van der Waals surface area contributed by atoms with Crippen molar-refractivity contribution in [3.8, 4) is 0 Å². The Morgan fingerprint density at radius 2 is 1.56 bits per heavy atom. The van der Waals surface area contributed by atoms with E-state index < -0.39 is 39.8 Å². The van der Waals surface area contributed by atoms with Gasteiger partial charge in [-0.05, 0) is 35.9 Å². The van der Waals surface area contributed by atoms with Gasteiger partial charge in [0, 0.05) is 17.1 Å². The molecule has 0 aliphatic carbocycles. The molecule has 0 spiro atoms. The van der Waals surface area contributed by atoms with Crippen LogP contribution in [-0.2, 0) is 33.1 Å². The number of aromatic nitrogens is 1. The molecule has 0 radical (unpaired) electrons. The van der Waals surface area contributed by atoms with Crippen molar-refractivity contribution in [3.05, 3.63) is 95.9 Å². The number of halogens is 4. The third-order valence-electron chi connectivity index (χ3n) is 5.18. The summed E-state index contributed by atoms with van der Waals surface area (Å²) < 4.78 is 80.4. The summed E-state index contributed by atoms with van der Waals surface area (Å²) in [6, 6.07) is 16.2. The maximum absolute atomic E-state index is 13.2. The van der Waals surface area contributed by atoms with Gasteiger partial charge in [-0.2, -0.15) is 13.2 Å². The predicted octanol–water partition coefficient (Wildman–Crippen LogP) is 5.41. The second-order valence-corrected chi connectivity index (χ2v) is 9.57. The number of carbonyl (C=O) groups is 1. The highest BCUT2D eigenvalue weighted by Crippen LogP contribution is 2.34. The molecule has 4 aromatic rings. The lowest BCUT2D eigenvalue weighted by Crippen LogP contribution is -2.20. The minimum Gasteiger partial charge on any atom is -0.337 e. The normalized spacial score (nSPS) is 12.1. The number of para-hydroxylation sites is 2. The van der Waals surface area contributed by atoms with Crippen molar-refractivity contribution in [1.29, 1.82) is 0 Å². The fraction of sp³-hybridized carbons (Fsp3) is 0.125. The monoisotopic (exact) mass is 490 g/mol. The lowest BCUT2D eigenvalue weighted by atomic mass is 10.1. The minimum atomic E-state index is -4.65. The molecule has 0 bridgehead atoms. The van der Waals surface area contributed by atoms with E-state index >= 15 is 0 Å². The number of amides is 1. The number of rotatable bonds is 6. The molecule has 0 aliphatic rings. The zero-order valence-corrected chi connectivity index (χ0v) is 18.3. The van der Waals surface area contributed by atoms with E-state index in [9.17, 15) is 30.8 Å². The SMILES string of the molecule is O=C(Cn1cc(S(=O)(=O)Cc2ccc(F)cc2)c2ccccc21)Nc1ccccc1C(F)(F)F. The Morgan fingerprint density at radius 3 is 2.26 bits per heavy atom. The van der Waals surface area contributed by atoms with Gasteiger partial charge >= 0.3 is 6.18 Å². The van der Waals surface area contributed by atoms with Gasteiger partial charge in [0.25, 0.3) is 0 Å². The molecule has 1 amide bonds. The van der Waals surface area contributed by atoms with Gasteiger partial charge in [-0.1, -0.05) is 42.5 Å². The zero-order chi connectivity index (χ0) is 24.5. The third-order valence-corrected chi connectivity index (χ3v) is 6.89. The Morgan fingerprint density at radius 1 is 0.912 bits per heavy atom.